The van der Waals surface area contributed by atoms with Crippen molar-refractivity contribution in [1.29, 1.82) is 0 Å². The number of amides is 1. The SMILES string of the molecule is CCc1nc(CC(=O)Nc2cccc(Cl)c2OCCOC)cs1. The van der Waals surface area contributed by atoms with Crippen molar-refractivity contribution in [2.75, 3.05) is 25.6 Å². The fourth-order valence-electron chi connectivity index (χ4n) is 1.93. The van der Waals surface area contributed by atoms with E-state index in [9.17, 15) is 4.79 Å². The van der Waals surface area contributed by atoms with Gasteiger partial charge in [0.05, 0.1) is 34.4 Å². The van der Waals surface area contributed by atoms with Gasteiger partial charge in [0.2, 0.25) is 5.91 Å². The number of nitrogens with one attached hydrogen (secondary N) is 1. The third-order valence-corrected chi connectivity index (χ3v) is 4.36. The topological polar surface area (TPSA) is 60.5 Å². The number of carbonyl (C=O) groups excluding carboxylic acids is 1. The normalized spacial score (nSPS) is 10.6. The van der Waals surface area contributed by atoms with Crippen LogP contribution in [0.5, 0.6) is 5.75 Å². The molecule has 1 N–H and O–H groups in total. The summed E-state index contributed by atoms with van der Waals surface area (Å²) in [6.07, 6.45) is 1.10. The van der Waals surface area contributed by atoms with Crippen molar-refractivity contribution < 1.29 is 14.3 Å². The molecule has 5 nitrogen and oxygen atoms in total. The standard InChI is InChI=1S/C16H19ClN2O3S/c1-3-15-18-11(10-23-15)9-14(20)19-13-6-4-5-12(17)16(13)22-8-7-21-2/h4-6,10H,3,7-9H2,1-2H3,(H,19,20). The molecule has 0 bridgehead atoms. The third kappa shape index (κ3) is 5.20. The van der Waals surface area contributed by atoms with Crippen molar-refractivity contribution in [3.63, 3.8) is 0 Å². The Balaban J connectivity index is 2.03. The molecule has 23 heavy (non-hydrogen) atoms. The molecule has 0 aliphatic heterocycles. The van der Waals surface area contributed by atoms with Gasteiger partial charge < -0.3 is 14.8 Å². The van der Waals surface area contributed by atoms with Gasteiger partial charge >= 0.3 is 0 Å². The number of benzene rings is 1. The number of halogens is 1. The smallest absolute Gasteiger partial charge is 0.230 e. The lowest BCUT2D eigenvalue weighted by Crippen LogP contribution is -2.16. The number of anilines is 1. The maximum atomic E-state index is 12.2. The van der Waals surface area contributed by atoms with Crippen molar-refractivity contribution in [3.05, 3.63) is 39.3 Å². The second-order valence-corrected chi connectivity index (χ2v) is 6.12. The van der Waals surface area contributed by atoms with Crippen LogP contribution in [0.15, 0.2) is 23.6 Å². The number of hydrogen-bond acceptors (Lipinski definition) is 5. The van der Waals surface area contributed by atoms with Gasteiger partial charge in [-0.25, -0.2) is 4.98 Å². The molecule has 1 amide bonds. The van der Waals surface area contributed by atoms with Crippen LogP contribution in [-0.2, 0) is 22.4 Å². The molecule has 0 radical (unpaired) electrons. The van der Waals surface area contributed by atoms with Gasteiger partial charge in [-0.05, 0) is 18.6 Å². The van der Waals surface area contributed by atoms with Crippen molar-refractivity contribution >= 4 is 34.5 Å². The largest absolute Gasteiger partial charge is 0.487 e. The highest BCUT2D eigenvalue weighted by atomic mass is 35.5. The van der Waals surface area contributed by atoms with Crippen LogP contribution < -0.4 is 10.1 Å². The molecule has 0 saturated heterocycles. The number of carbonyl (C=O) groups is 1. The summed E-state index contributed by atoms with van der Waals surface area (Å²) >= 11 is 7.71. The minimum absolute atomic E-state index is 0.156. The predicted molar refractivity (Wildman–Crippen MR) is 92.6 cm³/mol. The Labute approximate surface area is 144 Å². The minimum Gasteiger partial charge on any atom is -0.487 e. The van der Waals surface area contributed by atoms with Crippen molar-refractivity contribution in [2.45, 2.75) is 19.8 Å². The number of ether oxygens (including phenoxy) is 2. The molecule has 0 saturated carbocycles. The van der Waals surface area contributed by atoms with Gasteiger partial charge in [0.1, 0.15) is 6.61 Å². The fourth-order valence-corrected chi connectivity index (χ4v) is 2.91. The average Bonchev–Trinajstić information content (AvgIpc) is 2.97. The van der Waals surface area contributed by atoms with Crippen molar-refractivity contribution in [2.24, 2.45) is 0 Å². The maximum absolute atomic E-state index is 12.2. The van der Waals surface area contributed by atoms with Crippen molar-refractivity contribution in [1.82, 2.24) is 4.98 Å². The number of aryl methyl sites for hydroxylation is 1. The molecule has 1 heterocycles. The number of hydrogen-bond donors (Lipinski definition) is 1. The summed E-state index contributed by atoms with van der Waals surface area (Å²) in [6, 6.07) is 5.23. The first-order chi connectivity index (χ1) is 11.1. The average molecular weight is 355 g/mol. The van der Waals surface area contributed by atoms with E-state index < -0.39 is 0 Å². The highest BCUT2D eigenvalue weighted by molar-refractivity contribution is 7.09. The van der Waals surface area contributed by atoms with Gasteiger partial charge in [0.15, 0.2) is 5.75 Å². The molecule has 124 valence electrons. The molecular formula is C16H19ClN2O3S. The van der Waals surface area contributed by atoms with E-state index in [1.807, 2.05) is 12.3 Å². The summed E-state index contributed by atoms with van der Waals surface area (Å²) in [6.45, 7) is 2.84. The van der Waals surface area contributed by atoms with Crippen LogP contribution in [0.1, 0.15) is 17.6 Å². The maximum Gasteiger partial charge on any atom is 0.230 e. The molecule has 7 heteroatoms. The van der Waals surface area contributed by atoms with E-state index >= 15 is 0 Å². The molecule has 0 aliphatic carbocycles. The lowest BCUT2D eigenvalue weighted by atomic mass is 10.2. The summed E-state index contributed by atoms with van der Waals surface area (Å²) in [5.41, 5.74) is 1.32. The second-order valence-electron chi connectivity index (χ2n) is 4.77. The Morgan fingerprint density at radius 1 is 1.39 bits per heavy atom. The third-order valence-electron chi connectivity index (χ3n) is 3.02. The Bertz CT molecular complexity index is 661. The zero-order valence-corrected chi connectivity index (χ0v) is 14.7. The number of rotatable bonds is 8. The number of methoxy groups -OCH3 is 1. The quantitative estimate of drug-likeness (QED) is 0.736. The van der Waals surface area contributed by atoms with E-state index in [0.29, 0.717) is 29.7 Å². The van der Waals surface area contributed by atoms with Crippen LogP contribution in [0.3, 0.4) is 0 Å². The molecule has 0 fully saturated rings. The Hall–Kier alpha value is -1.63. The summed E-state index contributed by atoms with van der Waals surface area (Å²) < 4.78 is 10.5. The number of nitrogens with zero attached hydrogens (tertiary/aromatic N) is 1. The molecular weight excluding hydrogens is 336 g/mol. The zero-order chi connectivity index (χ0) is 16.7. The van der Waals surface area contributed by atoms with Crippen LogP contribution >= 0.6 is 22.9 Å². The van der Waals surface area contributed by atoms with Gasteiger partial charge in [0, 0.05) is 12.5 Å². The number of aromatic nitrogens is 1. The van der Waals surface area contributed by atoms with E-state index in [-0.39, 0.29) is 12.3 Å². The molecule has 1 aromatic heterocycles. The summed E-state index contributed by atoms with van der Waals surface area (Å²) in [5, 5.41) is 6.21. The van der Waals surface area contributed by atoms with Crippen LogP contribution in [0.2, 0.25) is 5.02 Å². The summed E-state index contributed by atoms with van der Waals surface area (Å²) in [5.74, 6) is 0.295. The van der Waals surface area contributed by atoms with Gasteiger partial charge in [-0.15, -0.1) is 11.3 Å². The van der Waals surface area contributed by atoms with E-state index in [4.69, 9.17) is 21.1 Å². The van der Waals surface area contributed by atoms with Crippen LogP contribution in [0.25, 0.3) is 0 Å². The highest BCUT2D eigenvalue weighted by Crippen LogP contribution is 2.33. The Kier molecular flexibility index (Phi) is 6.83. The predicted octanol–water partition coefficient (Wildman–Crippen LogP) is 3.57. The van der Waals surface area contributed by atoms with E-state index in [1.54, 1.807) is 36.6 Å². The lowest BCUT2D eigenvalue weighted by molar-refractivity contribution is -0.115. The van der Waals surface area contributed by atoms with E-state index in [2.05, 4.69) is 10.3 Å². The number of para-hydroxylation sites is 1. The highest BCUT2D eigenvalue weighted by Gasteiger charge is 2.13. The second kappa shape index (κ2) is 8.86. The molecule has 0 aliphatic rings. The van der Waals surface area contributed by atoms with Gasteiger partial charge in [-0.2, -0.15) is 0 Å². The monoisotopic (exact) mass is 354 g/mol. The Morgan fingerprint density at radius 3 is 2.91 bits per heavy atom. The van der Waals surface area contributed by atoms with Crippen LogP contribution in [0, 0.1) is 0 Å². The molecule has 0 atom stereocenters. The van der Waals surface area contributed by atoms with Crippen LogP contribution in [-0.4, -0.2) is 31.2 Å². The van der Waals surface area contributed by atoms with Crippen LogP contribution in [0.4, 0.5) is 5.69 Å². The zero-order valence-electron chi connectivity index (χ0n) is 13.1. The first-order valence-corrected chi connectivity index (χ1v) is 8.53. The molecule has 2 aromatic rings. The summed E-state index contributed by atoms with van der Waals surface area (Å²) in [4.78, 5) is 16.6. The molecule has 0 spiro atoms. The lowest BCUT2D eigenvalue weighted by Gasteiger charge is -2.13. The molecule has 2 rings (SSSR count). The van der Waals surface area contributed by atoms with Gasteiger partial charge in [0.25, 0.3) is 0 Å². The van der Waals surface area contributed by atoms with Gasteiger partial charge in [-0.3, -0.25) is 4.79 Å². The van der Waals surface area contributed by atoms with Crippen molar-refractivity contribution in [3.8, 4) is 5.75 Å². The van der Waals surface area contributed by atoms with Gasteiger partial charge in [-0.1, -0.05) is 24.6 Å². The van der Waals surface area contributed by atoms with E-state index in [0.717, 1.165) is 17.1 Å². The minimum atomic E-state index is -0.156. The summed E-state index contributed by atoms with van der Waals surface area (Å²) in [7, 11) is 1.59. The Morgan fingerprint density at radius 2 is 2.22 bits per heavy atom. The molecule has 1 aromatic carbocycles. The van der Waals surface area contributed by atoms with E-state index in [1.165, 1.54) is 0 Å². The molecule has 0 unspecified atom stereocenters. The number of thiazole rings is 1. The first kappa shape index (κ1) is 17.7. The fraction of sp³-hybridized carbons (Fsp3) is 0.375. The first-order valence-electron chi connectivity index (χ1n) is 7.27.